The zero-order chi connectivity index (χ0) is 13.4. The Morgan fingerprint density at radius 3 is 2.83 bits per heavy atom. The molecule has 0 aliphatic carbocycles. The number of ether oxygens (including phenoxy) is 1. The number of rotatable bonds is 8. The Balaban J connectivity index is 2.10. The quantitative estimate of drug-likeness (QED) is 0.675. The predicted octanol–water partition coefficient (Wildman–Crippen LogP) is 2.51. The molecule has 0 saturated carbocycles. The number of hydrogen-bond acceptors (Lipinski definition) is 3. The van der Waals surface area contributed by atoms with E-state index in [1.807, 2.05) is 6.92 Å². The van der Waals surface area contributed by atoms with Crippen molar-refractivity contribution in [1.29, 1.82) is 0 Å². The van der Waals surface area contributed by atoms with Crippen molar-refractivity contribution in [3.05, 3.63) is 0 Å². The highest BCUT2D eigenvalue weighted by Crippen LogP contribution is 2.23. The van der Waals surface area contributed by atoms with E-state index >= 15 is 0 Å². The van der Waals surface area contributed by atoms with Crippen LogP contribution in [0.15, 0.2) is 0 Å². The van der Waals surface area contributed by atoms with E-state index in [1.165, 1.54) is 19.4 Å². The van der Waals surface area contributed by atoms with Crippen LogP contribution in [0.25, 0.3) is 0 Å². The summed E-state index contributed by atoms with van der Waals surface area (Å²) in [6.45, 7) is 14.3. The number of likely N-dealkylation sites (tertiary alicyclic amines) is 1. The molecule has 3 atom stereocenters. The van der Waals surface area contributed by atoms with Gasteiger partial charge in [-0.2, -0.15) is 0 Å². The second kappa shape index (κ2) is 8.89. The summed E-state index contributed by atoms with van der Waals surface area (Å²) < 4.78 is 5.34. The lowest BCUT2D eigenvalue weighted by Crippen LogP contribution is -2.49. The van der Waals surface area contributed by atoms with Crippen LogP contribution in [0.5, 0.6) is 0 Å². The average molecular weight is 256 g/mol. The van der Waals surface area contributed by atoms with Gasteiger partial charge in [0.2, 0.25) is 0 Å². The molecule has 1 saturated heterocycles. The highest BCUT2D eigenvalue weighted by Gasteiger charge is 2.25. The molecule has 3 heteroatoms. The van der Waals surface area contributed by atoms with Gasteiger partial charge >= 0.3 is 0 Å². The third kappa shape index (κ3) is 5.68. The second-order valence-corrected chi connectivity index (χ2v) is 5.82. The summed E-state index contributed by atoms with van der Waals surface area (Å²) in [5.41, 5.74) is 0. The summed E-state index contributed by atoms with van der Waals surface area (Å²) in [5, 5.41) is 3.55. The van der Waals surface area contributed by atoms with Gasteiger partial charge in [0.1, 0.15) is 0 Å². The molecular formula is C15H32N2O. The largest absolute Gasteiger partial charge is 0.382 e. The Morgan fingerprint density at radius 1 is 1.39 bits per heavy atom. The molecule has 1 heterocycles. The van der Waals surface area contributed by atoms with Crippen LogP contribution in [0, 0.1) is 5.92 Å². The lowest BCUT2D eigenvalue weighted by Gasteiger charge is -2.40. The highest BCUT2D eigenvalue weighted by molar-refractivity contribution is 4.81. The third-order valence-electron chi connectivity index (χ3n) is 4.04. The van der Waals surface area contributed by atoms with Crippen molar-refractivity contribution in [1.82, 2.24) is 10.2 Å². The average Bonchev–Trinajstić information content (AvgIpc) is 2.33. The molecule has 1 N–H and O–H groups in total. The first-order valence-electron chi connectivity index (χ1n) is 7.69. The second-order valence-electron chi connectivity index (χ2n) is 5.82. The normalized spacial score (nSPS) is 27.3. The molecule has 1 aliphatic heterocycles. The number of hydrogen-bond donors (Lipinski definition) is 1. The Kier molecular flexibility index (Phi) is 7.87. The third-order valence-corrected chi connectivity index (χ3v) is 4.04. The smallest absolute Gasteiger partial charge is 0.0477 e. The molecule has 3 unspecified atom stereocenters. The van der Waals surface area contributed by atoms with Gasteiger partial charge in [0.05, 0.1) is 0 Å². The molecule has 1 rings (SSSR count). The highest BCUT2D eigenvalue weighted by atomic mass is 16.5. The molecule has 0 bridgehead atoms. The number of nitrogens with zero attached hydrogens (tertiary/aromatic N) is 1. The summed E-state index contributed by atoms with van der Waals surface area (Å²) in [5.74, 6) is 0.905. The van der Waals surface area contributed by atoms with E-state index < -0.39 is 0 Å². The van der Waals surface area contributed by atoms with E-state index in [0.717, 1.165) is 44.7 Å². The first-order chi connectivity index (χ1) is 8.65. The maximum Gasteiger partial charge on any atom is 0.0477 e. The summed E-state index contributed by atoms with van der Waals surface area (Å²) in [7, 11) is 0. The van der Waals surface area contributed by atoms with Gasteiger partial charge in [-0.3, -0.25) is 4.90 Å². The Labute approximate surface area is 113 Å². The lowest BCUT2D eigenvalue weighted by molar-refractivity contribution is 0.0882. The van der Waals surface area contributed by atoms with Crippen LogP contribution in [0.3, 0.4) is 0 Å². The van der Waals surface area contributed by atoms with Crippen LogP contribution in [-0.4, -0.2) is 49.8 Å². The zero-order valence-corrected chi connectivity index (χ0v) is 12.7. The number of nitrogens with one attached hydrogen (secondary N) is 1. The maximum atomic E-state index is 5.34. The molecule has 0 aromatic rings. The van der Waals surface area contributed by atoms with Crippen LogP contribution < -0.4 is 5.32 Å². The van der Waals surface area contributed by atoms with Crippen molar-refractivity contribution < 1.29 is 4.74 Å². The van der Waals surface area contributed by atoms with Gasteiger partial charge < -0.3 is 10.1 Å². The van der Waals surface area contributed by atoms with E-state index in [4.69, 9.17) is 4.74 Å². The summed E-state index contributed by atoms with van der Waals surface area (Å²) in [4.78, 5) is 2.66. The Bertz CT molecular complexity index is 211. The van der Waals surface area contributed by atoms with Crippen LogP contribution >= 0.6 is 0 Å². The summed E-state index contributed by atoms with van der Waals surface area (Å²) in [6, 6.07) is 1.40. The maximum absolute atomic E-state index is 5.34. The molecular weight excluding hydrogens is 224 g/mol. The van der Waals surface area contributed by atoms with Crippen molar-refractivity contribution in [2.24, 2.45) is 5.92 Å². The predicted molar refractivity (Wildman–Crippen MR) is 78.0 cm³/mol. The van der Waals surface area contributed by atoms with Gasteiger partial charge in [-0.05, 0) is 59.0 Å². The molecule has 0 aromatic heterocycles. The zero-order valence-electron chi connectivity index (χ0n) is 12.7. The van der Waals surface area contributed by atoms with Crippen LogP contribution in [0.1, 0.15) is 47.0 Å². The van der Waals surface area contributed by atoms with E-state index in [1.54, 1.807) is 0 Å². The molecule has 1 aliphatic rings. The van der Waals surface area contributed by atoms with E-state index in [2.05, 4.69) is 31.0 Å². The monoisotopic (exact) mass is 256 g/mol. The molecule has 1 fully saturated rings. The van der Waals surface area contributed by atoms with Crippen molar-refractivity contribution in [3.63, 3.8) is 0 Å². The fourth-order valence-corrected chi connectivity index (χ4v) is 2.95. The minimum absolute atomic E-state index is 0.652. The Morgan fingerprint density at radius 2 is 2.17 bits per heavy atom. The van der Waals surface area contributed by atoms with Gasteiger partial charge in [-0.25, -0.2) is 0 Å². The molecule has 3 nitrogen and oxygen atoms in total. The molecule has 18 heavy (non-hydrogen) atoms. The van der Waals surface area contributed by atoms with Crippen molar-refractivity contribution >= 4 is 0 Å². The van der Waals surface area contributed by atoms with E-state index in [0.29, 0.717) is 6.04 Å². The van der Waals surface area contributed by atoms with Gasteiger partial charge in [0.15, 0.2) is 0 Å². The van der Waals surface area contributed by atoms with E-state index in [-0.39, 0.29) is 0 Å². The fourth-order valence-electron chi connectivity index (χ4n) is 2.95. The molecule has 0 radical (unpaired) electrons. The van der Waals surface area contributed by atoms with Crippen molar-refractivity contribution in [3.8, 4) is 0 Å². The van der Waals surface area contributed by atoms with Crippen LogP contribution in [-0.2, 0) is 4.74 Å². The van der Waals surface area contributed by atoms with Gasteiger partial charge in [-0.15, -0.1) is 0 Å². The summed E-state index contributed by atoms with van der Waals surface area (Å²) in [6.07, 6.45) is 3.83. The SMILES string of the molecule is CCOCCCNCC(C)N1CCC(C)CC1C. The van der Waals surface area contributed by atoms with Crippen molar-refractivity contribution in [2.75, 3.05) is 32.8 Å². The fraction of sp³-hybridized carbons (Fsp3) is 1.00. The lowest BCUT2D eigenvalue weighted by atomic mass is 9.92. The number of piperidine rings is 1. The first-order valence-corrected chi connectivity index (χ1v) is 7.69. The molecule has 0 spiro atoms. The van der Waals surface area contributed by atoms with Crippen molar-refractivity contribution in [2.45, 2.75) is 59.0 Å². The topological polar surface area (TPSA) is 24.5 Å². The first kappa shape index (κ1) is 15.9. The molecule has 0 amide bonds. The molecule has 0 aromatic carbocycles. The molecule has 108 valence electrons. The summed E-state index contributed by atoms with van der Waals surface area (Å²) >= 11 is 0. The minimum Gasteiger partial charge on any atom is -0.382 e. The van der Waals surface area contributed by atoms with Gasteiger partial charge in [0, 0.05) is 31.8 Å². The van der Waals surface area contributed by atoms with E-state index in [9.17, 15) is 0 Å². The van der Waals surface area contributed by atoms with Crippen LogP contribution in [0.2, 0.25) is 0 Å². The minimum atomic E-state index is 0.652. The standard InChI is InChI=1S/C15H32N2O/c1-5-18-10-6-8-16-12-15(4)17-9-7-13(2)11-14(17)3/h13-16H,5-12H2,1-4H3. The Hall–Kier alpha value is -0.120. The van der Waals surface area contributed by atoms with Gasteiger partial charge in [-0.1, -0.05) is 6.92 Å². The van der Waals surface area contributed by atoms with Crippen LogP contribution in [0.4, 0.5) is 0 Å². The van der Waals surface area contributed by atoms with Gasteiger partial charge in [0.25, 0.3) is 0 Å².